The molecule has 4 heteroatoms. The van der Waals surface area contributed by atoms with Crippen molar-refractivity contribution in [3.05, 3.63) is 30.6 Å². The van der Waals surface area contributed by atoms with Crippen LogP contribution in [-0.4, -0.2) is 16.1 Å². The Morgan fingerprint density at radius 2 is 1.82 bits per heavy atom. The van der Waals surface area contributed by atoms with Crippen molar-refractivity contribution < 1.29 is 10.0 Å². The van der Waals surface area contributed by atoms with Gasteiger partial charge in [-0.15, -0.1) is 0 Å². The molecule has 60 valence electrons. The molecular formula is C7H10N2O2. The van der Waals surface area contributed by atoms with Crippen LogP contribution in [0.25, 0.3) is 0 Å². The van der Waals surface area contributed by atoms with E-state index in [9.17, 15) is 4.79 Å². The number of carbonyl (C=O) groups excluding carboxylic acids is 1. The van der Waals surface area contributed by atoms with Crippen molar-refractivity contribution >= 4 is 5.91 Å². The van der Waals surface area contributed by atoms with Crippen molar-refractivity contribution in [3.8, 4) is 0 Å². The standard InChI is InChI=1S/C5H5N.C2H5NO2/c1-2-4-6-5-3-1;1-2(4)3-5/h1-5H;5H,1H3,(H,3,4). The third-order valence-electron chi connectivity index (χ3n) is 0.724. The number of hydroxylamine groups is 1. The maximum atomic E-state index is 9.45. The molecule has 4 nitrogen and oxygen atoms in total. The number of carbonyl (C=O) groups is 1. The van der Waals surface area contributed by atoms with Crippen molar-refractivity contribution in [1.82, 2.24) is 10.5 Å². The second-order valence-corrected chi connectivity index (χ2v) is 1.69. The Morgan fingerprint density at radius 1 is 1.36 bits per heavy atom. The minimum atomic E-state index is -0.440. The van der Waals surface area contributed by atoms with Crippen molar-refractivity contribution in [2.75, 3.05) is 0 Å². The van der Waals surface area contributed by atoms with Crippen LogP contribution in [0.2, 0.25) is 0 Å². The van der Waals surface area contributed by atoms with E-state index in [0.29, 0.717) is 0 Å². The Kier molecular flexibility index (Phi) is 5.83. The molecule has 2 N–H and O–H groups in total. The molecule has 0 radical (unpaired) electrons. The van der Waals surface area contributed by atoms with Crippen LogP contribution in [0.4, 0.5) is 0 Å². The lowest BCUT2D eigenvalue weighted by Crippen LogP contribution is -2.12. The van der Waals surface area contributed by atoms with Crippen molar-refractivity contribution in [3.63, 3.8) is 0 Å². The average Bonchev–Trinajstić information content (AvgIpc) is 2.09. The van der Waals surface area contributed by atoms with Crippen LogP contribution in [-0.2, 0) is 4.79 Å². The molecule has 1 amide bonds. The molecule has 1 rings (SSSR count). The number of pyridine rings is 1. The fraction of sp³-hybridized carbons (Fsp3) is 0.143. The summed E-state index contributed by atoms with van der Waals surface area (Å²) in [5.41, 5.74) is 1.39. The number of hydrogen-bond donors (Lipinski definition) is 2. The van der Waals surface area contributed by atoms with E-state index in [1.807, 2.05) is 18.2 Å². The third kappa shape index (κ3) is 8.58. The van der Waals surface area contributed by atoms with Gasteiger partial charge in [0.2, 0.25) is 5.91 Å². The van der Waals surface area contributed by atoms with Gasteiger partial charge in [0.05, 0.1) is 0 Å². The van der Waals surface area contributed by atoms with Crippen LogP contribution in [0.15, 0.2) is 30.6 Å². The summed E-state index contributed by atoms with van der Waals surface area (Å²) < 4.78 is 0. The fourth-order valence-electron chi connectivity index (χ4n) is 0.313. The summed E-state index contributed by atoms with van der Waals surface area (Å²) in [6, 6.07) is 5.72. The van der Waals surface area contributed by atoms with Crippen LogP contribution >= 0.6 is 0 Å². The van der Waals surface area contributed by atoms with Crippen molar-refractivity contribution in [1.29, 1.82) is 0 Å². The molecule has 0 aliphatic rings. The normalized spacial score (nSPS) is 7.45. The summed E-state index contributed by atoms with van der Waals surface area (Å²) in [5, 5.41) is 7.54. The number of hydrogen-bond acceptors (Lipinski definition) is 3. The molecule has 0 saturated heterocycles. The number of amides is 1. The molecule has 0 saturated carbocycles. The summed E-state index contributed by atoms with van der Waals surface area (Å²) in [5.74, 6) is -0.440. The van der Waals surface area contributed by atoms with Gasteiger partial charge in [-0.3, -0.25) is 15.0 Å². The lowest BCUT2D eigenvalue weighted by molar-refractivity contribution is -0.126. The highest BCUT2D eigenvalue weighted by Crippen LogP contribution is 1.73. The molecule has 0 aliphatic carbocycles. The maximum Gasteiger partial charge on any atom is 0.240 e. The van der Waals surface area contributed by atoms with Gasteiger partial charge in [0, 0.05) is 19.3 Å². The monoisotopic (exact) mass is 154 g/mol. The Labute approximate surface area is 64.8 Å². The number of nitrogens with zero attached hydrogens (tertiary/aromatic N) is 1. The minimum absolute atomic E-state index is 0.440. The zero-order chi connectivity index (χ0) is 8.53. The quantitative estimate of drug-likeness (QED) is 0.424. The second-order valence-electron chi connectivity index (χ2n) is 1.69. The molecule has 1 heterocycles. The van der Waals surface area contributed by atoms with E-state index in [2.05, 4.69) is 4.98 Å². The van der Waals surface area contributed by atoms with Crippen LogP contribution in [0.5, 0.6) is 0 Å². The lowest BCUT2D eigenvalue weighted by Gasteiger charge is -1.78. The zero-order valence-electron chi connectivity index (χ0n) is 6.19. The molecule has 0 fully saturated rings. The first kappa shape index (κ1) is 9.58. The summed E-state index contributed by atoms with van der Waals surface area (Å²) >= 11 is 0. The largest absolute Gasteiger partial charge is 0.289 e. The van der Waals surface area contributed by atoms with Crippen LogP contribution in [0.1, 0.15) is 6.92 Å². The number of aromatic nitrogens is 1. The molecule has 0 atom stereocenters. The second kappa shape index (κ2) is 6.70. The molecule has 0 unspecified atom stereocenters. The Bertz CT molecular complexity index is 162. The zero-order valence-corrected chi connectivity index (χ0v) is 6.19. The molecule has 0 aromatic carbocycles. The Hall–Kier alpha value is -1.42. The van der Waals surface area contributed by atoms with Gasteiger partial charge in [-0.2, -0.15) is 0 Å². The first-order chi connectivity index (χ1) is 5.27. The first-order valence-electron chi connectivity index (χ1n) is 3.03. The predicted molar refractivity (Wildman–Crippen MR) is 39.8 cm³/mol. The lowest BCUT2D eigenvalue weighted by atomic mass is 10.5. The first-order valence-corrected chi connectivity index (χ1v) is 3.03. The summed E-state index contributed by atoms with van der Waals surface area (Å²) in [4.78, 5) is 13.2. The predicted octanol–water partition coefficient (Wildman–Crippen LogP) is 0.593. The average molecular weight is 154 g/mol. The van der Waals surface area contributed by atoms with E-state index in [-0.39, 0.29) is 0 Å². The van der Waals surface area contributed by atoms with Gasteiger partial charge in [0.1, 0.15) is 0 Å². The maximum absolute atomic E-state index is 9.45. The molecule has 11 heavy (non-hydrogen) atoms. The van der Waals surface area contributed by atoms with Gasteiger partial charge in [-0.1, -0.05) is 6.07 Å². The molecule has 0 aliphatic heterocycles. The van der Waals surface area contributed by atoms with Crippen molar-refractivity contribution in [2.45, 2.75) is 6.92 Å². The summed E-state index contributed by atoms with van der Waals surface area (Å²) in [6.07, 6.45) is 3.50. The smallest absolute Gasteiger partial charge is 0.240 e. The molecule has 1 aromatic rings. The van der Waals surface area contributed by atoms with Gasteiger partial charge >= 0.3 is 0 Å². The van der Waals surface area contributed by atoms with E-state index in [0.717, 1.165) is 0 Å². The SMILES string of the molecule is CC(=O)NO.c1ccncc1. The Balaban J connectivity index is 0.000000187. The fourth-order valence-corrected chi connectivity index (χ4v) is 0.313. The number of rotatable bonds is 0. The van der Waals surface area contributed by atoms with E-state index < -0.39 is 5.91 Å². The van der Waals surface area contributed by atoms with Crippen LogP contribution in [0.3, 0.4) is 0 Å². The molecule has 0 spiro atoms. The summed E-state index contributed by atoms with van der Waals surface area (Å²) in [7, 11) is 0. The van der Waals surface area contributed by atoms with E-state index in [1.165, 1.54) is 12.4 Å². The highest BCUT2D eigenvalue weighted by Gasteiger charge is 1.74. The van der Waals surface area contributed by atoms with E-state index in [4.69, 9.17) is 5.21 Å². The van der Waals surface area contributed by atoms with Crippen LogP contribution in [0, 0.1) is 0 Å². The molecular weight excluding hydrogens is 144 g/mol. The topological polar surface area (TPSA) is 62.2 Å². The van der Waals surface area contributed by atoms with E-state index in [1.54, 1.807) is 12.4 Å². The molecule has 0 bridgehead atoms. The minimum Gasteiger partial charge on any atom is -0.289 e. The van der Waals surface area contributed by atoms with Crippen LogP contribution < -0.4 is 5.48 Å². The van der Waals surface area contributed by atoms with Gasteiger partial charge in [0.25, 0.3) is 0 Å². The van der Waals surface area contributed by atoms with Gasteiger partial charge in [-0.25, -0.2) is 5.48 Å². The van der Waals surface area contributed by atoms with Crippen molar-refractivity contribution in [2.24, 2.45) is 0 Å². The van der Waals surface area contributed by atoms with Gasteiger partial charge in [-0.05, 0) is 12.1 Å². The molecule has 1 aromatic heterocycles. The van der Waals surface area contributed by atoms with Gasteiger partial charge in [0.15, 0.2) is 0 Å². The number of nitrogens with one attached hydrogen (secondary N) is 1. The van der Waals surface area contributed by atoms with Gasteiger partial charge < -0.3 is 0 Å². The van der Waals surface area contributed by atoms with E-state index >= 15 is 0 Å². The highest BCUT2D eigenvalue weighted by molar-refractivity contribution is 5.71. The Morgan fingerprint density at radius 3 is 1.91 bits per heavy atom. The highest BCUT2D eigenvalue weighted by atomic mass is 16.5. The third-order valence-corrected chi connectivity index (χ3v) is 0.724. The summed E-state index contributed by atoms with van der Waals surface area (Å²) in [6.45, 7) is 1.22.